The standard InChI is InChI=1S/C14H22N2O/c1-2-3-12-10-16(11-12)13-4-6-14(7-5-13)17-9-8-15/h4-7,12H,2-3,8-11,15H2,1H3. The summed E-state index contributed by atoms with van der Waals surface area (Å²) in [4.78, 5) is 2.42. The molecular formula is C14H22N2O. The van der Waals surface area contributed by atoms with Gasteiger partial charge in [-0.25, -0.2) is 0 Å². The largest absolute Gasteiger partial charge is 0.492 e. The number of hydrogen-bond donors (Lipinski definition) is 1. The van der Waals surface area contributed by atoms with Crippen molar-refractivity contribution in [3.63, 3.8) is 0 Å². The van der Waals surface area contributed by atoms with Crippen molar-refractivity contribution in [1.29, 1.82) is 0 Å². The minimum atomic E-state index is 0.562. The van der Waals surface area contributed by atoms with Gasteiger partial charge in [0.25, 0.3) is 0 Å². The second-order valence-corrected chi connectivity index (χ2v) is 4.69. The molecule has 0 atom stereocenters. The van der Waals surface area contributed by atoms with E-state index >= 15 is 0 Å². The van der Waals surface area contributed by atoms with E-state index in [2.05, 4.69) is 24.0 Å². The van der Waals surface area contributed by atoms with Gasteiger partial charge < -0.3 is 15.4 Å². The molecule has 3 nitrogen and oxygen atoms in total. The highest BCUT2D eigenvalue weighted by Gasteiger charge is 2.25. The highest BCUT2D eigenvalue weighted by Crippen LogP contribution is 2.28. The fraction of sp³-hybridized carbons (Fsp3) is 0.571. The summed E-state index contributed by atoms with van der Waals surface area (Å²) >= 11 is 0. The third kappa shape index (κ3) is 3.13. The lowest BCUT2D eigenvalue weighted by molar-refractivity contribution is 0.328. The topological polar surface area (TPSA) is 38.5 Å². The molecule has 1 heterocycles. The van der Waals surface area contributed by atoms with Gasteiger partial charge in [-0.15, -0.1) is 0 Å². The van der Waals surface area contributed by atoms with Gasteiger partial charge in [0.1, 0.15) is 12.4 Å². The fourth-order valence-electron chi connectivity index (χ4n) is 2.30. The van der Waals surface area contributed by atoms with E-state index in [1.165, 1.54) is 31.6 Å². The van der Waals surface area contributed by atoms with Gasteiger partial charge >= 0.3 is 0 Å². The summed E-state index contributed by atoms with van der Waals surface area (Å²) in [6, 6.07) is 8.32. The van der Waals surface area contributed by atoms with E-state index in [1.807, 2.05) is 12.1 Å². The molecule has 1 aromatic rings. The highest BCUT2D eigenvalue weighted by molar-refractivity contribution is 5.51. The van der Waals surface area contributed by atoms with Crippen LogP contribution >= 0.6 is 0 Å². The van der Waals surface area contributed by atoms with E-state index in [4.69, 9.17) is 10.5 Å². The molecule has 0 aliphatic carbocycles. The Morgan fingerprint density at radius 2 is 2.00 bits per heavy atom. The molecule has 1 aliphatic rings. The van der Waals surface area contributed by atoms with Gasteiger partial charge in [-0.3, -0.25) is 0 Å². The zero-order valence-corrected chi connectivity index (χ0v) is 10.6. The quantitative estimate of drug-likeness (QED) is 0.820. The molecule has 0 aromatic heterocycles. The van der Waals surface area contributed by atoms with Gasteiger partial charge in [-0.05, 0) is 36.6 Å². The zero-order chi connectivity index (χ0) is 12.1. The van der Waals surface area contributed by atoms with Crippen LogP contribution in [0, 0.1) is 5.92 Å². The number of nitrogens with zero attached hydrogens (tertiary/aromatic N) is 1. The van der Waals surface area contributed by atoms with Crippen LogP contribution in [0.5, 0.6) is 5.75 Å². The first-order valence-electron chi connectivity index (χ1n) is 6.51. The van der Waals surface area contributed by atoms with Crippen molar-refractivity contribution in [2.75, 3.05) is 31.1 Å². The summed E-state index contributed by atoms with van der Waals surface area (Å²) in [5, 5.41) is 0. The molecule has 1 saturated heterocycles. The minimum absolute atomic E-state index is 0.562. The average Bonchev–Trinajstić information content (AvgIpc) is 2.32. The second-order valence-electron chi connectivity index (χ2n) is 4.69. The van der Waals surface area contributed by atoms with Crippen molar-refractivity contribution in [3.05, 3.63) is 24.3 Å². The Balaban J connectivity index is 1.83. The Labute approximate surface area is 104 Å². The Morgan fingerprint density at radius 3 is 2.59 bits per heavy atom. The molecule has 0 unspecified atom stereocenters. The number of anilines is 1. The predicted molar refractivity (Wildman–Crippen MR) is 71.6 cm³/mol. The lowest BCUT2D eigenvalue weighted by Gasteiger charge is -2.41. The van der Waals surface area contributed by atoms with E-state index in [1.54, 1.807) is 0 Å². The lowest BCUT2D eigenvalue weighted by atomic mass is 9.94. The maximum atomic E-state index is 5.46. The van der Waals surface area contributed by atoms with Crippen LogP contribution < -0.4 is 15.4 Å². The molecule has 1 aromatic carbocycles. The van der Waals surface area contributed by atoms with Crippen LogP contribution in [-0.4, -0.2) is 26.2 Å². The number of rotatable bonds is 6. The van der Waals surface area contributed by atoms with Crippen molar-refractivity contribution in [2.45, 2.75) is 19.8 Å². The molecule has 1 fully saturated rings. The second kappa shape index (κ2) is 5.92. The molecule has 2 rings (SSSR count). The Hall–Kier alpha value is -1.22. The predicted octanol–water partition coefficient (Wildman–Crippen LogP) is 2.26. The van der Waals surface area contributed by atoms with Gasteiger partial charge in [0.15, 0.2) is 0 Å². The number of hydrogen-bond acceptors (Lipinski definition) is 3. The fourth-order valence-corrected chi connectivity index (χ4v) is 2.30. The van der Waals surface area contributed by atoms with E-state index in [-0.39, 0.29) is 0 Å². The summed E-state index contributed by atoms with van der Waals surface area (Å²) in [6.45, 7) is 5.81. The van der Waals surface area contributed by atoms with E-state index in [0.29, 0.717) is 13.2 Å². The van der Waals surface area contributed by atoms with Gasteiger partial charge in [-0.1, -0.05) is 13.3 Å². The van der Waals surface area contributed by atoms with Crippen molar-refractivity contribution in [2.24, 2.45) is 11.7 Å². The van der Waals surface area contributed by atoms with Crippen molar-refractivity contribution in [3.8, 4) is 5.75 Å². The first kappa shape index (κ1) is 12.2. The summed E-state index contributed by atoms with van der Waals surface area (Å²) in [5.74, 6) is 1.80. The van der Waals surface area contributed by atoms with E-state index in [0.717, 1.165) is 11.7 Å². The Bertz CT molecular complexity index is 331. The number of nitrogens with two attached hydrogens (primary N) is 1. The van der Waals surface area contributed by atoms with Gasteiger partial charge in [0, 0.05) is 25.3 Å². The third-order valence-corrected chi connectivity index (χ3v) is 3.24. The average molecular weight is 234 g/mol. The third-order valence-electron chi connectivity index (χ3n) is 3.24. The minimum Gasteiger partial charge on any atom is -0.492 e. The van der Waals surface area contributed by atoms with Crippen LogP contribution in [0.4, 0.5) is 5.69 Å². The maximum absolute atomic E-state index is 5.46. The number of benzene rings is 1. The monoisotopic (exact) mass is 234 g/mol. The maximum Gasteiger partial charge on any atom is 0.119 e. The Kier molecular flexibility index (Phi) is 4.26. The van der Waals surface area contributed by atoms with Crippen LogP contribution in [0.1, 0.15) is 19.8 Å². The molecule has 3 heteroatoms. The zero-order valence-electron chi connectivity index (χ0n) is 10.6. The summed E-state index contributed by atoms with van der Waals surface area (Å²) in [6.07, 6.45) is 2.65. The molecule has 0 bridgehead atoms. The van der Waals surface area contributed by atoms with Crippen LogP contribution in [0.2, 0.25) is 0 Å². The van der Waals surface area contributed by atoms with E-state index < -0.39 is 0 Å². The molecule has 0 spiro atoms. The number of ether oxygens (including phenoxy) is 1. The van der Waals surface area contributed by atoms with Gasteiger partial charge in [0.2, 0.25) is 0 Å². The molecule has 2 N–H and O–H groups in total. The SMILES string of the molecule is CCCC1CN(c2ccc(OCCN)cc2)C1. The summed E-state index contributed by atoms with van der Waals surface area (Å²) in [5.41, 5.74) is 6.70. The molecule has 0 amide bonds. The van der Waals surface area contributed by atoms with Gasteiger partial charge in [0.05, 0.1) is 0 Å². The molecule has 0 radical (unpaired) electrons. The smallest absolute Gasteiger partial charge is 0.119 e. The first-order valence-corrected chi connectivity index (χ1v) is 6.51. The van der Waals surface area contributed by atoms with Crippen LogP contribution in [-0.2, 0) is 0 Å². The normalized spacial score (nSPS) is 15.8. The molecule has 1 aliphatic heterocycles. The van der Waals surface area contributed by atoms with Crippen LogP contribution in [0.25, 0.3) is 0 Å². The molecular weight excluding hydrogens is 212 g/mol. The summed E-state index contributed by atoms with van der Waals surface area (Å²) < 4.78 is 5.46. The Morgan fingerprint density at radius 1 is 1.29 bits per heavy atom. The highest BCUT2D eigenvalue weighted by atomic mass is 16.5. The van der Waals surface area contributed by atoms with Gasteiger partial charge in [-0.2, -0.15) is 0 Å². The van der Waals surface area contributed by atoms with E-state index in [9.17, 15) is 0 Å². The van der Waals surface area contributed by atoms with Crippen molar-refractivity contribution in [1.82, 2.24) is 0 Å². The molecule has 17 heavy (non-hydrogen) atoms. The lowest BCUT2D eigenvalue weighted by Crippen LogP contribution is -2.46. The molecule has 94 valence electrons. The summed E-state index contributed by atoms with van der Waals surface area (Å²) in [7, 11) is 0. The molecule has 0 saturated carbocycles. The van der Waals surface area contributed by atoms with Crippen molar-refractivity contribution < 1.29 is 4.74 Å². The van der Waals surface area contributed by atoms with Crippen molar-refractivity contribution >= 4 is 5.69 Å². The van der Waals surface area contributed by atoms with Crippen LogP contribution in [0.15, 0.2) is 24.3 Å². The van der Waals surface area contributed by atoms with Crippen LogP contribution in [0.3, 0.4) is 0 Å². The first-order chi connectivity index (χ1) is 8.33.